The Hall–Kier alpha value is -3.80. The first-order chi connectivity index (χ1) is 19.9. The molecule has 10 nitrogen and oxygen atoms in total. The third-order valence-corrected chi connectivity index (χ3v) is 7.87. The smallest absolute Gasteiger partial charge is 0.216 e. The Bertz CT molecular complexity index is 1550. The number of likely N-dealkylation sites (tertiary alicyclic amines) is 1. The van der Waals surface area contributed by atoms with E-state index in [0.717, 1.165) is 50.3 Å². The van der Waals surface area contributed by atoms with Gasteiger partial charge in [-0.3, -0.25) is 4.90 Å². The third kappa shape index (κ3) is 6.27. The van der Waals surface area contributed by atoms with E-state index in [0.29, 0.717) is 47.3 Å². The van der Waals surface area contributed by atoms with Gasteiger partial charge >= 0.3 is 0 Å². The van der Waals surface area contributed by atoms with Crippen LogP contribution >= 0.6 is 11.6 Å². The number of oxime groups is 1. The number of imidazole rings is 1. The summed E-state index contributed by atoms with van der Waals surface area (Å²) in [5, 5.41) is 12.7. The number of hydrogen-bond acceptors (Lipinski definition) is 8. The van der Waals surface area contributed by atoms with Crippen molar-refractivity contribution in [2.45, 2.75) is 51.0 Å². The van der Waals surface area contributed by atoms with Crippen LogP contribution in [-0.2, 0) is 24.2 Å². The van der Waals surface area contributed by atoms with Crippen LogP contribution in [0.1, 0.15) is 42.0 Å². The average Bonchev–Trinajstić information content (AvgIpc) is 3.27. The zero-order valence-electron chi connectivity index (χ0n) is 22.4. The quantitative estimate of drug-likeness (QED) is 0.131. The fourth-order valence-corrected chi connectivity index (χ4v) is 5.40. The van der Waals surface area contributed by atoms with Gasteiger partial charge in [0.25, 0.3) is 0 Å². The largest absolute Gasteiger partial charge is 0.474 e. The molecule has 41 heavy (non-hydrogen) atoms. The SMILES string of the molecule is NC(=NO)c1cc2nc(CN3CCC(Oc4ccnc(Cc5ccc(Cl)cc5)n4)CC3)n(CC3CCO3)c2cc1F. The summed E-state index contributed by atoms with van der Waals surface area (Å²) in [5.74, 6) is 1.25. The van der Waals surface area contributed by atoms with Crippen molar-refractivity contribution >= 4 is 28.5 Å². The van der Waals surface area contributed by atoms with Gasteiger partial charge in [0.2, 0.25) is 5.88 Å². The molecule has 2 aromatic carbocycles. The van der Waals surface area contributed by atoms with Gasteiger partial charge in [-0.15, -0.1) is 0 Å². The highest BCUT2D eigenvalue weighted by molar-refractivity contribution is 6.30. The van der Waals surface area contributed by atoms with Crippen molar-refractivity contribution in [2.24, 2.45) is 10.9 Å². The molecule has 12 heteroatoms. The minimum absolute atomic E-state index is 0.0232. The van der Waals surface area contributed by atoms with Crippen molar-refractivity contribution in [1.29, 1.82) is 0 Å². The molecule has 2 fully saturated rings. The summed E-state index contributed by atoms with van der Waals surface area (Å²) < 4.78 is 28.8. The van der Waals surface area contributed by atoms with Crippen LogP contribution in [0.15, 0.2) is 53.8 Å². The number of benzene rings is 2. The molecule has 6 rings (SSSR count). The van der Waals surface area contributed by atoms with Gasteiger partial charge in [0.05, 0.1) is 35.8 Å². The Morgan fingerprint density at radius 3 is 2.63 bits per heavy atom. The van der Waals surface area contributed by atoms with Crippen LogP contribution in [-0.4, -0.2) is 67.4 Å². The van der Waals surface area contributed by atoms with Crippen molar-refractivity contribution in [1.82, 2.24) is 24.4 Å². The molecule has 0 amide bonds. The van der Waals surface area contributed by atoms with E-state index in [4.69, 9.17) is 37.0 Å². The summed E-state index contributed by atoms with van der Waals surface area (Å²) >= 11 is 5.99. The third-order valence-electron chi connectivity index (χ3n) is 7.62. The number of nitrogens with zero attached hydrogens (tertiary/aromatic N) is 6. The fourth-order valence-electron chi connectivity index (χ4n) is 5.27. The minimum Gasteiger partial charge on any atom is -0.474 e. The van der Waals surface area contributed by atoms with E-state index < -0.39 is 5.82 Å². The lowest BCUT2D eigenvalue weighted by molar-refractivity contribution is -0.0592. The van der Waals surface area contributed by atoms with E-state index in [1.54, 1.807) is 12.3 Å². The second kappa shape index (κ2) is 12.0. The number of halogens is 2. The van der Waals surface area contributed by atoms with Gasteiger partial charge in [-0.25, -0.2) is 14.4 Å². The van der Waals surface area contributed by atoms with E-state index in [2.05, 4.69) is 20.0 Å². The molecule has 2 aromatic heterocycles. The Balaban J connectivity index is 1.11. The standard InChI is InChI=1S/C29H31ClFN7O3/c30-19-3-1-18(2-4-19)13-26-33-9-5-28(35-26)41-20-6-10-37(11-7-20)17-27-34-24-14-22(29(32)36-39)23(31)15-25(24)38(27)16-21-8-12-40-21/h1-5,9,14-15,20-21,39H,6-8,10-13,16-17H2,(H2,32,36). The van der Waals surface area contributed by atoms with Gasteiger partial charge in [-0.05, 0) is 43.0 Å². The van der Waals surface area contributed by atoms with E-state index >= 15 is 0 Å². The summed E-state index contributed by atoms with van der Waals surface area (Å²) in [7, 11) is 0. The molecule has 2 saturated heterocycles. The van der Waals surface area contributed by atoms with Crippen molar-refractivity contribution in [3.8, 4) is 5.88 Å². The monoisotopic (exact) mass is 579 g/mol. The highest BCUT2D eigenvalue weighted by Gasteiger charge is 2.26. The zero-order valence-corrected chi connectivity index (χ0v) is 23.2. The molecule has 1 atom stereocenters. The molecule has 0 spiro atoms. The number of ether oxygens (including phenoxy) is 2. The number of nitrogens with two attached hydrogens (primary N) is 1. The summed E-state index contributed by atoms with van der Waals surface area (Å²) in [6.45, 7) is 3.57. The average molecular weight is 580 g/mol. The highest BCUT2D eigenvalue weighted by Crippen LogP contribution is 2.26. The Labute approximate surface area is 241 Å². The second-order valence-electron chi connectivity index (χ2n) is 10.4. The van der Waals surface area contributed by atoms with E-state index in [1.165, 1.54) is 12.1 Å². The van der Waals surface area contributed by atoms with E-state index in [9.17, 15) is 4.39 Å². The maximum Gasteiger partial charge on any atom is 0.216 e. The molecule has 2 aliphatic heterocycles. The summed E-state index contributed by atoms with van der Waals surface area (Å²) in [5.41, 5.74) is 8.05. The lowest BCUT2D eigenvalue weighted by Gasteiger charge is -2.32. The van der Waals surface area contributed by atoms with E-state index in [1.807, 2.05) is 28.8 Å². The first kappa shape index (κ1) is 27.4. The molecule has 2 aliphatic rings. The molecule has 0 bridgehead atoms. The molecule has 3 N–H and O–H groups in total. The second-order valence-corrected chi connectivity index (χ2v) is 10.9. The molecular formula is C29H31ClFN7O3. The molecule has 4 aromatic rings. The summed E-state index contributed by atoms with van der Waals surface area (Å²) in [6, 6.07) is 12.4. The van der Waals surface area contributed by atoms with Gasteiger partial charge in [0, 0.05) is 49.5 Å². The van der Waals surface area contributed by atoms with Crippen LogP contribution in [0.5, 0.6) is 5.88 Å². The first-order valence-electron chi connectivity index (χ1n) is 13.7. The number of hydrogen-bond donors (Lipinski definition) is 2. The Morgan fingerprint density at radius 2 is 1.93 bits per heavy atom. The topological polar surface area (TPSA) is 124 Å². The normalized spacial score (nSPS) is 18.5. The fraction of sp³-hybridized carbons (Fsp3) is 0.379. The minimum atomic E-state index is -0.561. The van der Waals surface area contributed by atoms with Crippen LogP contribution in [0.3, 0.4) is 0 Å². The van der Waals surface area contributed by atoms with Crippen LogP contribution in [0.4, 0.5) is 4.39 Å². The Kier molecular flexibility index (Phi) is 8.00. The number of piperidine rings is 1. The summed E-state index contributed by atoms with van der Waals surface area (Å²) in [6.07, 6.45) is 5.09. The van der Waals surface area contributed by atoms with Crippen molar-refractivity contribution < 1.29 is 19.1 Å². The molecule has 0 radical (unpaired) electrons. The van der Waals surface area contributed by atoms with Gasteiger partial charge in [-0.1, -0.05) is 28.9 Å². The zero-order chi connectivity index (χ0) is 28.3. The lowest BCUT2D eigenvalue weighted by Crippen LogP contribution is -2.39. The van der Waals surface area contributed by atoms with Crippen molar-refractivity contribution in [3.63, 3.8) is 0 Å². The maximum absolute atomic E-state index is 14.8. The molecule has 0 saturated carbocycles. The molecule has 1 unspecified atom stereocenters. The molecular weight excluding hydrogens is 549 g/mol. The molecule has 0 aliphatic carbocycles. The highest BCUT2D eigenvalue weighted by atomic mass is 35.5. The van der Waals surface area contributed by atoms with Gasteiger partial charge in [0.15, 0.2) is 5.84 Å². The number of amidine groups is 1. The molecule has 214 valence electrons. The van der Waals surface area contributed by atoms with E-state index in [-0.39, 0.29) is 23.6 Å². The lowest BCUT2D eigenvalue weighted by atomic mass is 10.1. The van der Waals surface area contributed by atoms with Crippen molar-refractivity contribution in [2.75, 3.05) is 19.7 Å². The van der Waals surface area contributed by atoms with Gasteiger partial charge < -0.3 is 25.0 Å². The Morgan fingerprint density at radius 1 is 1.15 bits per heavy atom. The van der Waals surface area contributed by atoms with Gasteiger partial charge in [0.1, 0.15) is 23.6 Å². The van der Waals surface area contributed by atoms with Crippen LogP contribution in [0, 0.1) is 5.82 Å². The van der Waals surface area contributed by atoms with Crippen LogP contribution in [0.25, 0.3) is 11.0 Å². The predicted octanol–water partition coefficient (Wildman–Crippen LogP) is 4.14. The number of fused-ring (bicyclic) bond motifs is 1. The van der Waals surface area contributed by atoms with Crippen LogP contribution in [0.2, 0.25) is 5.02 Å². The van der Waals surface area contributed by atoms with Gasteiger partial charge in [-0.2, -0.15) is 4.98 Å². The molecule has 4 heterocycles. The number of aromatic nitrogens is 4. The summed E-state index contributed by atoms with van der Waals surface area (Å²) in [4.78, 5) is 16.2. The predicted molar refractivity (Wildman–Crippen MR) is 152 cm³/mol. The van der Waals surface area contributed by atoms with Crippen molar-refractivity contribution in [3.05, 3.63) is 82.3 Å². The maximum atomic E-state index is 14.8. The first-order valence-corrected chi connectivity index (χ1v) is 14.1. The van der Waals surface area contributed by atoms with Crippen LogP contribution < -0.4 is 10.5 Å². The number of rotatable bonds is 9.